The molecular formula is C19H16ClF2N5O6S. The number of ether oxygens (including phenoxy) is 3. The van der Waals surface area contributed by atoms with E-state index in [1.54, 1.807) is 0 Å². The Hall–Kier alpha value is -3.65. The lowest BCUT2D eigenvalue weighted by molar-refractivity contribution is 0.0781. The predicted molar refractivity (Wildman–Crippen MR) is 116 cm³/mol. The zero-order chi connectivity index (χ0) is 24.5. The van der Waals surface area contributed by atoms with E-state index >= 15 is 0 Å². The minimum atomic E-state index is -4.26. The third-order valence-corrected chi connectivity index (χ3v) is 6.16. The Morgan fingerprint density at radius 2 is 1.91 bits per heavy atom. The quantitative estimate of drug-likeness (QED) is 0.341. The molecule has 0 fully saturated rings. The monoisotopic (exact) mass is 515 g/mol. The number of oxazole rings is 1. The van der Waals surface area contributed by atoms with Crippen molar-refractivity contribution in [3.8, 4) is 29.0 Å². The molecular weight excluding hydrogens is 500 g/mol. The van der Waals surface area contributed by atoms with Crippen LogP contribution in [0.3, 0.4) is 0 Å². The highest BCUT2D eigenvalue weighted by molar-refractivity contribution is 7.93. The van der Waals surface area contributed by atoms with Crippen molar-refractivity contribution in [3.63, 3.8) is 0 Å². The highest BCUT2D eigenvalue weighted by Gasteiger charge is 2.26. The molecule has 0 atom stereocenters. The summed E-state index contributed by atoms with van der Waals surface area (Å²) in [5, 5.41) is 0.590. The number of H-pyrrole nitrogens is 1. The summed E-state index contributed by atoms with van der Waals surface area (Å²) < 4.78 is 74.0. The van der Waals surface area contributed by atoms with Gasteiger partial charge in [0.2, 0.25) is 17.6 Å². The molecule has 0 aliphatic carbocycles. The van der Waals surface area contributed by atoms with Crippen molar-refractivity contribution in [1.29, 1.82) is 0 Å². The van der Waals surface area contributed by atoms with Crippen molar-refractivity contribution in [1.82, 2.24) is 19.9 Å². The summed E-state index contributed by atoms with van der Waals surface area (Å²) in [6.45, 7) is -0.966. The summed E-state index contributed by atoms with van der Waals surface area (Å²) in [7, 11) is -1.86. The number of hydrogen-bond donors (Lipinski definition) is 2. The third-order valence-electron chi connectivity index (χ3n) is 4.47. The number of aromatic nitrogens is 4. The van der Waals surface area contributed by atoms with E-state index in [1.165, 1.54) is 45.0 Å². The number of rotatable bonds is 9. The topological polar surface area (TPSA) is 141 Å². The zero-order valence-corrected chi connectivity index (χ0v) is 19.1. The van der Waals surface area contributed by atoms with Crippen LogP contribution in [0.15, 0.2) is 40.1 Å². The van der Waals surface area contributed by atoms with Crippen molar-refractivity contribution in [2.45, 2.75) is 11.3 Å². The molecule has 0 radical (unpaired) electrons. The standard InChI is InChI=1S/C19H16ClF2N5O6S/c1-30-17-15(33-8-12(21)22)18(31-2)26-19(25-17)27-34(28,29)11-7-24-14-9(11)3-4-10(20)13(14)16-23-5-6-32-16/h3-7,12,24H,8H2,1-2H3,(H,25,26,27). The molecule has 3 aromatic heterocycles. The number of anilines is 1. The van der Waals surface area contributed by atoms with Crippen molar-refractivity contribution >= 4 is 38.5 Å². The Labute approximate surface area is 196 Å². The maximum atomic E-state index is 13.2. The summed E-state index contributed by atoms with van der Waals surface area (Å²) >= 11 is 6.28. The minimum Gasteiger partial charge on any atom is -0.478 e. The molecule has 4 rings (SSSR count). The third kappa shape index (κ3) is 4.41. The molecule has 0 bridgehead atoms. The van der Waals surface area contributed by atoms with E-state index in [1.807, 2.05) is 0 Å². The van der Waals surface area contributed by atoms with Gasteiger partial charge in [0, 0.05) is 11.6 Å². The lowest BCUT2D eigenvalue weighted by Gasteiger charge is -2.14. The van der Waals surface area contributed by atoms with Crippen LogP contribution in [-0.4, -0.2) is 55.6 Å². The van der Waals surface area contributed by atoms with Crippen LogP contribution in [0.4, 0.5) is 14.7 Å². The van der Waals surface area contributed by atoms with Gasteiger partial charge in [-0.2, -0.15) is 9.97 Å². The number of nitrogens with one attached hydrogen (secondary N) is 2. The van der Waals surface area contributed by atoms with Crippen LogP contribution in [0, 0.1) is 0 Å². The fourth-order valence-electron chi connectivity index (χ4n) is 3.10. The Balaban J connectivity index is 1.73. The number of methoxy groups -OCH3 is 2. The first-order chi connectivity index (χ1) is 16.2. The molecule has 4 aromatic rings. The number of benzene rings is 1. The van der Waals surface area contributed by atoms with E-state index in [4.69, 9.17) is 30.2 Å². The number of nitrogens with zero attached hydrogens (tertiary/aromatic N) is 3. The Bertz CT molecular complexity index is 1400. The van der Waals surface area contributed by atoms with Gasteiger partial charge in [-0.15, -0.1) is 0 Å². The van der Waals surface area contributed by atoms with Gasteiger partial charge in [-0.1, -0.05) is 11.6 Å². The molecule has 180 valence electrons. The first kappa shape index (κ1) is 23.5. The Morgan fingerprint density at radius 1 is 1.21 bits per heavy atom. The molecule has 34 heavy (non-hydrogen) atoms. The van der Waals surface area contributed by atoms with E-state index in [9.17, 15) is 17.2 Å². The van der Waals surface area contributed by atoms with Gasteiger partial charge in [0.05, 0.1) is 36.5 Å². The van der Waals surface area contributed by atoms with E-state index in [2.05, 4.69) is 24.7 Å². The molecule has 11 nitrogen and oxygen atoms in total. The minimum absolute atomic E-state index is 0.147. The summed E-state index contributed by atoms with van der Waals surface area (Å²) in [5.41, 5.74) is 0.757. The zero-order valence-electron chi connectivity index (χ0n) is 17.5. The van der Waals surface area contributed by atoms with Gasteiger partial charge in [-0.05, 0) is 12.1 Å². The number of aromatic amines is 1. The SMILES string of the molecule is COc1nc(NS(=O)(=O)c2c[nH]c3c(-c4ncco4)c(Cl)ccc23)nc(OC)c1OCC(F)F. The van der Waals surface area contributed by atoms with Crippen LogP contribution in [0.5, 0.6) is 17.5 Å². The van der Waals surface area contributed by atoms with Gasteiger partial charge in [-0.3, -0.25) is 0 Å². The molecule has 1 aromatic carbocycles. The number of sulfonamides is 1. The fraction of sp³-hybridized carbons (Fsp3) is 0.211. The van der Waals surface area contributed by atoms with Crippen LogP contribution in [0.1, 0.15) is 0 Å². The summed E-state index contributed by atoms with van der Waals surface area (Å²) in [5.74, 6) is -1.14. The van der Waals surface area contributed by atoms with Crippen LogP contribution in [-0.2, 0) is 10.0 Å². The van der Waals surface area contributed by atoms with Gasteiger partial charge < -0.3 is 23.6 Å². The second-order valence-corrected chi connectivity index (χ2v) is 8.60. The molecule has 0 unspecified atom stereocenters. The number of halogens is 3. The van der Waals surface area contributed by atoms with Crippen LogP contribution in [0.2, 0.25) is 5.02 Å². The second kappa shape index (κ2) is 9.30. The highest BCUT2D eigenvalue weighted by atomic mass is 35.5. The van der Waals surface area contributed by atoms with E-state index in [0.29, 0.717) is 21.5 Å². The van der Waals surface area contributed by atoms with Gasteiger partial charge in [0.25, 0.3) is 28.2 Å². The largest absolute Gasteiger partial charge is 0.478 e. The molecule has 0 aliphatic rings. The second-order valence-electron chi connectivity index (χ2n) is 6.54. The lowest BCUT2D eigenvalue weighted by atomic mass is 10.1. The first-order valence-electron chi connectivity index (χ1n) is 9.38. The average molecular weight is 516 g/mol. The molecule has 15 heteroatoms. The molecule has 3 heterocycles. The van der Waals surface area contributed by atoms with Gasteiger partial charge >= 0.3 is 0 Å². The molecule has 0 aliphatic heterocycles. The van der Waals surface area contributed by atoms with Crippen molar-refractivity contribution < 1.29 is 35.8 Å². The van der Waals surface area contributed by atoms with E-state index in [0.717, 1.165) is 0 Å². The van der Waals surface area contributed by atoms with Crippen LogP contribution < -0.4 is 18.9 Å². The van der Waals surface area contributed by atoms with Crippen molar-refractivity contribution in [2.75, 3.05) is 25.5 Å². The summed E-state index contributed by atoms with van der Waals surface area (Å²) in [6, 6.07) is 3.02. The highest BCUT2D eigenvalue weighted by Crippen LogP contribution is 2.38. The van der Waals surface area contributed by atoms with Crippen molar-refractivity contribution in [3.05, 3.63) is 35.8 Å². The van der Waals surface area contributed by atoms with Crippen LogP contribution >= 0.6 is 11.6 Å². The predicted octanol–water partition coefficient (Wildman–Crippen LogP) is 3.73. The normalized spacial score (nSPS) is 11.7. The van der Waals surface area contributed by atoms with Crippen molar-refractivity contribution in [2.24, 2.45) is 0 Å². The fourth-order valence-corrected chi connectivity index (χ4v) is 4.46. The van der Waals surface area contributed by atoms with E-state index in [-0.39, 0.29) is 28.3 Å². The lowest BCUT2D eigenvalue weighted by Crippen LogP contribution is -2.16. The Morgan fingerprint density at radius 3 is 2.50 bits per heavy atom. The van der Waals surface area contributed by atoms with Gasteiger partial charge in [0.1, 0.15) is 17.8 Å². The molecule has 0 saturated carbocycles. The molecule has 2 N–H and O–H groups in total. The maximum Gasteiger partial charge on any atom is 0.272 e. The molecule has 0 saturated heterocycles. The number of alkyl halides is 2. The maximum absolute atomic E-state index is 13.2. The molecule has 0 spiro atoms. The van der Waals surface area contributed by atoms with Gasteiger partial charge in [-0.25, -0.2) is 26.9 Å². The average Bonchev–Trinajstić information content (AvgIpc) is 3.47. The van der Waals surface area contributed by atoms with E-state index < -0.39 is 29.0 Å². The number of fused-ring (bicyclic) bond motifs is 1. The summed E-state index contributed by atoms with van der Waals surface area (Å²) in [4.78, 5) is 14.6. The van der Waals surface area contributed by atoms with Gasteiger partial charge in [0.15, 0.2) is 0 Å². The summed E-state index contributed by atoms with van der Waals surface area (Å²) in [6.07, 6.45) is 1.27. The van der Waals surface area contributed by atoms with Crippen LogP contribution in [0.25, 0.3) is 22.4 Å². The first-order valence-corrected chi connectivity index (χ1v) is 11.2. The molecule has 0 amide bonds. The smallest absolute Gasteiger partial charge is 0.272 e. The number of hydrogen-bond acceptors (Lipinski definition) is 9. The Kier molecular flexibility index (Phi) is 6.43.